The Kier molecular flexibility index (Phi) is 7.53. The number of carbonyl (C=O) groups is 2. The average molecular weight is 393 g/mol. The maximum Gasteiger partial charge on any atom is 0.244 e. The topological polar surface area (TPSA) is 71.5 Å². The number of hydrogen-bond donors (Lipinski definition) is 1. The number of rotatable bonds is 5. The van der Waals surface area contributed by atoms with Gasteiger partial charge in [0.2, 0.25) is 11.8 Å². The summed E-state index contributed by atoms with van der Waals surface area (Å²) >= 11 is 0. The minimum atomic E-state index is -0.0588. The number of hydrogen-bond acceptors (Lipinski definition) is 4. The predicted molar refractivity (Wildman–Crippen MR) is 110 cm³/mol. The van der Waals surface area contributed by atoms with Crippen molar-refractivity contribution >= 4 is 17.8 Å². The van der Waals surface area contributed by atoms with Gasteiger partial charge in [-0.15, -0.1) is 0 Å². The molecule has 0 spiro atoms. The zero-order chi connectivity index (χ0) is 19.9. The molecule has 3 rings (SSSR count). The number of amides is 2. The van der Waals surface area contributed by atoms with Crippen molar-refractivity contribution in [2.24, 2.45) is 4.99 Å². The Balaban J connectivity index is 1.51. The van der Waals surface area contributed by atoms with Crippen molar-refractivity contribution in [3.05, 3.63) is 0 Å². The van der Waals surface area contributed by atoms with Crippen LogP contribution in [0.15, 0.2) is 4.99 Å². The van der Waals surface area contributed by atoms with Gasteiger partial charge in [0.1, 0.15) is 6.54 Å². The second-order valence-electron chi connectivity index (χ2n) is 7.99. The first-order chi connectivity index (χ1) is 13.6. The zero-order valence-corrected chi connectivity index (χ0v) is 17.5. The molecule has 0 aromatic carbocycles. The Hall–Kier alpha value is -1.83. The Morgan fingerprint density at radius 2 is 1.43 bits per heavy atom. The molecule has 3 fully saturated rings. The first-order valence-electron chi connectivity index (χ1n) is 10.9. The van der Waals surface area contributed by atoms with Crippen LogP contribution in [0.5, 0.6) is 0 Å². The van der Waals surface area contributed by atoms with Gasteiger partial charge < -0.3 is 20.0 Å². The summed E-state index contributed by atoms with van der Waals surface area (Å²) in [6, 6.07) is -0.0588. The Labute approximate surface area is 168 Å². The summed E-state index contributed by atoms with van der Waals surface area (Å²) < 4.78 is 0. The first kappa shape index (κ1) is 20.9. The van der Waals surface area contributed by atoms with Gasteiger partial charge >= 0.3 is 0 Å². The Bertz CT molecular complexity index is 561. The lowest BCUT2D eigenvalue weighted by Gasteiger charge is -2.39. The van der Waals surface area contributed by atoms with E-state index in [9.17, 15) is 9.59 Å². The number of nitrogens with zero attached hydrogens (tertiary/aromatic N) is 5. The summed E-state index contributed by atoms with van der Waals surface area (Å²) in [6.45, 7) is 11.9. The number of aliphatic imine (C=N–C) groups is 1. The molecule has 1 N–H and O–H groups in total. The van der Waals surface area contributed by atoms with Gasteiger partial charge in [-0.1, -0.05) is 0 Å². The van der Waals surface area contributed by atoms with E-state index in [0.29, 0.717) is 0 Å². The molecule has 0 aromatic rings. The van der Waals surface area contributed by atoms with Gasteiger partial charge in [0, 0.05) is 58.9 Å². The van der Waals surface area contributed by atoms with E-state index in [1.807, 2.05) is 23.6 Å². The van der Waals surface area contributed by atoms with Gasteiger partial charge in [0.15, 0.2) is 5.96 Å². The molecule has 0 bridgehead atoms. The fourth-order valence-electron chi connectivity index (χ4n) is 4.31. The normalized spacial score (nSPS) is 22.6. The van der Waals surface area contributed by atoms with Gasteiger partial charge in [-0.2, -0.15) is 0 Å². The van der Waals surface area contributed by atoms with E-state index in [-0.39, 0.29) is 24.4 Å². The summed E-state index contributed by atoms with van der Waals surface area (Å²) in [7, 11) is 0. The van der Waals surface area contributed by atoms with E-state index in [0.717, 1.165) is 90.5 Å². The predicted octanol–water partition coefficient (Wildman–Crippen LogP) is 0.203. The molecule has 8 heteroatoms. The van der Waals surface area contributed by atoms with Crippen LogP contribution in [-0.4, -0.2) is 109 Å². The van der Waals surface area contributed by atoms with Crippen LogP contribution in [0.4, 0.5) is 0 Å². The van der Waals surface area contributed by atoms with Crippen molar-refractivity contribution in [1.29, 1.82) is 0 Å². The van der Waals surface area contributed by atoms with Gasteiger partial charge in [0.05, 0.1) is 6.04 Å². The van der Waals surface area contributed by atoms with Gasteiger partial charge in [-0.25, -0.2) is 4.99 Å². The highest BCUT2D eigenvalue weighted by Gasteiger charge is 2.30. The minimum absolute atomic E-state index is 0.0588. The quantitative estimate of drug-likeness (QED) is 0.535. The number of nitrogens with one attached hydrogen (secondary N) is 1. The van der Waals surface area contributed by atoms with E-state index < -0.39 is 0 Å². The average Bonchev–Trinajstić information content (AvgIpc) is 3.44. The fraction of sp³-hybridized carbons (Fsp3) is 0.850. The molecule has 8 nitrogen and oxygen atoms in total. The Morgan fingerprint density at radius 3 is 2.00 bits per heavy atom. The first-order valence-corrected chi connectivity index (χ1v) is 10.9. The van der Waals surface area contributed by atoms with E-state index in [4.69, 9.17) is 0 Å². The van der Waals surface area contributed by atoms with E-state index in [1.54, 1.807) is 0 Å². The number of guanidine groups is 1. The van der Waals surface area contributed by atoms with Gasteiger partial charge in [-0.3, -0.25) is 14.5 Å². The molecular weight excluding hydrogens is 356 g/mol. The van der Waals surface area contributed by atoms with Crippen LogP contribution in [0.2, 0.25) is 0 Å². The Morgan fingerprint density at radius 1 is 0.857 bits per heavy atom. The second-order valence-corrected chi connectivity index (χ2v) is 7.99. The molecule has 28 heavy (non-hydrogen) atoms. The fourth-order valence-corrected chi connectivity index (χ4v) is 4.31. The molecule has 0 aliphatic carbocycles. The van der Waals surface area contributed by atoms with Crippen LogP contribution in [0, 0.1) is 0 Å². The molecule has 2 amide bonds. The van der Waals surface area contributed by atoms with Crippen molar-refractivity contribution < 1.29 is 9.59 Å². The van der Waals surface area contributed by atoms with Gasteiger partial charge in [0.25, 0.3) is 0 Å². The van der Waals surface area contributed by atoms with Crippen molar-refractivity contribution in [1.82, 2.24) is 24.9 Å². The van der Waals surface area contributed by atoms with Crippen LogP contribution in [-0.2, 0) is 9.59 Å². The van der Waals surface area contributed by atoms with Crippen LogP contribution >= 0.6 is 0 Å². The molecule has 1 unspecified atom stereocenters. The largest absolute Gasteiger partial charge is 0.357 e. The molecule has 158 valence electrons. The SMILES string of the molecule is CCNC(=NCC(=O)N1CCCC1)N1CCN(C(C)C(=O)N2CCCC2)CC1. The number of carbonyl (C=O) groups excluding carboxylic acids is 2. The van der Waals surface area contributed by atoms with E-state index in [2.05, 4.69) is 20.1 Å². The van der Waals surface area contributed by atoms with Crippen molar-refractivity contribution in [2.75, 3.05) is 65.4 Å². The van der Waals surface area contributed by atoms with Crippen molar-refractivity contribution in [3.63, 3.8) is 0 Å². The zero-order valence-electron chi connectivity index (χ0n) is 17.5. The standard InChI is InChI=1S/C20H36N6O2/c1-3-21-20(22-16-18(27)24-8-4-5-9-24)26-14-12-23(13-15-26)17(2)19(28)25-10-6-7-11-25/h17H,3-16H2,1-2H3,(H,21,22). The molecule has 0 aromatic heterocycles. The van der Waals surface area contributed by atoms with E-state index in [1.165, 1.54) is 0 Å². The lowest BCUT2D eigenvalue weighted by atomic mass is 10.2. The van der Waals surface area contributed by atoms with E-state index >= 15 is 0 Å². The lowest BCUT2D eigenvalue weighted by Crippen LogP contribution is -2.57. The maximum absolute atomic E-state index is 12.7. The molecule has 0 radical (unpaired) electrons. The lowest BCUT2D eigenvalue weighted by molar-refractivity contribution is -0.135. The molecular formula is C20H36N6O2. The molecule has 1 atom stereocenters. The highest BCUT2D eigenvalue weighted by atomic mass is 16.2. The molecule has 3 saturated heterocycles. The van der Waals surface area contributed by atoms with Crippen molar-refractivity contribution in [2.45, 2.75) is 45.6 Å². The van der Waals surface area contributed by atoms with Crippen LogP contribution in [0.3, 0.4) is 0 Å². The molecule has 3 aliphatic heterocycles. The number of piperazine rings is 1. The summed E-state index contributed by atoms with van der Waals surface area (Å²) in [5.41, 5.74) is 0. The summed E-state index contributed by atoms with van der Waals surface area (Å²) in [4.78, 5) is 38.0. The highest BCUT2D eigenvalue weighted by Crippen LogP contribution is 2.14. The smallest absolute Gasteiger partial charge is 0.244 e. The molecule has 3 aliphatic rings. The third-order valence-corrected chi connectivity index (χ3v) is 6.09. The van der Waals surface area contributed by atoms with Crippen LogP contribution < -0.4 is 5.32 Å². The van der Waals surface area contributed by atoms with Crippen LogP contribution in [0.1, 0.15) is 39.5 Å². The highest BCUT2D eigenvalue weighted by molar-refractivity contribution is 5.85. The van der Waals surface area contributed by atoms with Crippen LogP contribution in [0.25, 0.3) is 0 Å². The second kappa shape index (κ2) is 10.1. The summed E-state index contributed by atoms with van der Waals surface area (Å²) in [6.07, 6.45) is 4.47. The number of likely N-dealkylation sites (tertiary alicyclic amines) is 2. The molecule has 3 heterocycles. The third kappa shape index (κ3) is 5.16. The third-order valence-electron chi connectivity index (χ3n) is 6.09. The monoisotopic (exact) mass is 392 g/mol. The maximum atomic E-state index is 12.7. The summed E-state index contributed by atoms with van der Waals surface area (Å²) in [5.74, 6) is 1.20. The molecule has 0 saturated carbocycles. The minimum Gasteiger partial charge on any atom is -0.357 e. The van der Waals surface area contributed by atoms with Gasteiger partial charge in [-0.05, 0) is 39.5 Å². The summed E-state index contributed by atoms with van der Waals surface area (Å²) in [5, 5.41) is 3.32. The van der Waals surface area contributed by atoms with Crippen molar-refractivity contribution in [3.8, 4) is 0 Å².